The van der Waals surface area contributed by atoms with Crippen molar-refractivity contribution in [1.82, 2.24) is 4.98 Å². The minimum absolute atomic E-state index is 0.167. The first kappa shape index (κ1) is 11.2. The molecule has 0 saturated carbocycles. The number of carboxylic acid groups (broad SMARTS) is 1. The van der Waals surface area contributed by atoms with Crippen LogP contribution >= 0.6 is 0 Å². The lowest BCUT2D eigenvalue weighted by Crippen LogP contribution is -2.13. The Morgan fingerprint density at radius 1 is 1.53 bits per heavy atom. The highest BCUT2D eigenvalue weighted by atomic mass is 16.4. The van der Waals surface area contributed by atoms with Crippen LogP contribution in [0.25, 0.3) is 10.8 Å². The van der Waals surface area contributed by atoms with Gasteiger partial charge < -0.3 is 16.2 Å². The van der Waals surface area contributed by atoms with E-state index in [2.05, 4.69) is 10.3 Å². The first-order valence-corrected chi connectivity index (χ1v) is 5.19. The van der Waals surface area contributed by atoms with Crippen molar-refractivity contribution < 1.29 is 9.90 Å². The predicted molar refractivity (Wildman–Crippen MR) is 67.0 cm³/mol. The normalized spacial score (nSPS) is 10.4. The maximum atomic E-state index is 10.5. The second-order valence-corrected chi connectivity index (χ2v) is 3.81. The van der Waals surface area contributed by atoms with Gasteiger partial charge in [0.2, 0.25) is 0 Å². The summed E-state index contributed by atoms with van der Waals surface area (Å²) in [6.07, 6.45) is 1.68. The van der Waals surface area contributed by atoms with Crippen LogP contribution in [0.1, 0.15) is 5.56 Å². The third-order valence-electron chi connectivity index (χ3n) is 2.54. The number of aromatic nitrogens is 1. The van der Waals surface area contributed by atoms with Crippen LogP contribution in [0.2, 0.25) is 0 Å². The molecule has 88 valence electrons. The number of aliphatic carboxylic acids is 1. The van der Waals surface area contributed by atoms with Crippen molar-refractivity contribution in [3.8, 4) is 0 Å². The SMILES string of the molecule is Cc1cnc(NCC(=O)O)c2cccc(N)c12. The van der Waals surface area contributed by atoms with Crippen LogP contribution in [0.15, 0.2) is 24.4 Å². The summed E-state index contributed by atoms with van der Waals surface area (Å²) >= 11 is 0. The van der Waals surface area contributed by atoms with Gasteiger partial charge in [-0.25, -0.2) is 4.98 Å². The summed E-state index contributed by atoms with van der Waals surface area (Å²) in [4.78, 5) is 14.7. The number of hydrogen-bond donors (Lipinski definition) is 3. The molecular weight excluding hydrogens is 218 g/mol. The van der Waals surface area contributed by atoms with Crippen LogP contribution in [0.5, 0.6) is 0 Å². The fourth-order valence-corrected chi connectivity index (χ4v) is 1.80. The zero-order valence-corrected chi connectivity index (χ0v) is 9.40. The van der Waals surface area contributed by atoms with E-state index in [1.807, 2.05) is 25.1 Å². The molecule has 0 saturated heterocycles. The molecule has 0 atom stereocenters. The standard InChI is InChI=1S/C12H13N3O2/c1-7-5-14-12(15-6-10(16)17)8-3-2-4-9(13)11(7)8/h2-5H,6,13H2,1H3,(H,14,15)(H,16,17). The van der Waals surface area contributed by atoms with Crippen molar-refractivity contribution in [2.45, 2.75) is 6.92 Å². The van der Waals surface area contributed by atoms with Gasteiger partial charge in [0.1, 0.15) is 12.4 Å². The second-order valence-electron chi connectivity index (χ2n) is 3.81. The number of carboxylic acids is 1. The van der Waals surface area contributed by atoms with Gasteiger partial charge in [-0.3, -0.25) is 4.79 Å². The van der Waals surface area contributed by atoms with Gasteiger partial charge in [-0.1, -0.05) is 12.1 Å². The van der Waals surface area contributed by atoms with Crippen LogP contribution < -0.4 is 11.1 Å². The largest absolute Gasteiger partial charge is 0.480 e. The van der Waals surface area contributed by atoms with Crippen LogP contribution in [-0.4, -0.2) is 22.6 Å². The van der Waals surface area contributed by atoms with Crippen LogP contribution in [-0.2, 0) is 4.79 Å². The molecular formula is C12H13N3O2. The molecule has 0 fully saturated rings. The zero-order valence-electron chi connectivity index (χ0n) is 9.40. The summed E-state index contributed by atoms with van der Waals surface area (Å²) in [7, 11) is 0. The zero-order chi connectivity index (χ0) is 12.4. The Morgan fingerprint density at radius 2 is 2.29 bits per heavy atom. The molecule has 0 amide bonds. The molecule has 0 aliphatic carbocycles. The van der Waals surface area contributed by atoms with Gasteiger partial charge in [0.05, 0.1) is 0 Å². The van der Waals surface area contributed by atoms with Crippen LogP contribution in [0.3, 0.4) is 0 Å². The van der Waals surface area contributed by atoms with E-state index in [0.717, 1.165) is 16.3 Å². The minimum Gasteiger partial charge on any atom is -0.480 e. The van der Waals surface area contributed by atoms with Gasteiger partial charge in [0, 0.05) is 22.7 Å². The van der Waals surface area contributed by atoms with E-state index in [1.54, 1.807) is 6.20 Å². The Balaban J connectivity index is 2.54. The number of anilines is 2. The highest BCUT2D eigenvalue weighted by Gasteiger charge is 2.08. The fraction of sp³-hybridized carbons (Fsp3) is 0.167. The van der Waals surface area contributed by atoms with E-state index >= 15 is 0 Å². The number of hydrogen-bond acceptors (Lipinski definition) is 4. The lowest BCUT2D eigenvalue weighted by Gasteiger charge is -2.10. The molecule has 0 unspecified atom stereocenters. The van der Waals surface area contributed by atoms with Gasteiger partial charge in [-0.15, -0.1) is 0 Å². The summed E-state index contributed by atoms with van der Waals surface area (Å²) in [5.74, 6) is -0.385. The Morgan fingerprint density at radius 3 is 3.00 bits per heavy atom. The molecule has 0 spiro atoms. The molecule has 1 aromatic carbocycles. The van der Waals surface area contributed by atoms with E-state index in [4.69, 9.17) is 10.8 Å². The van der Waals surface area contributed by atoms with Crippen LogP contribution in [0.4, 0.5) is 11.5 Å². The quantitative estimate of drug-likeness (QED) is 0.698. The number of rotatable bonds is 3. The Bertz CT molecular complexity index is 573. The van der Waals surface area contributed by atoms with E-state index in [1.165, 1.54) is 0 Å². The van der Waals surface area contributed by atoms with Gasteiger partial charge >= 0.3 is 5.97 Å². The molecule has 4 N–H and O–H groups in total. The van der Waals surface area contributed by atoms with Crippen molar-refractivity contribution in [3.05, 3.63) is 30.0 Å². The van der Waals surface area contributed by atoms with Crippen molar-refractivity contribution in [1.29, 1.82) is 0 Å². The monoisotopic (exact) mass is 231 g/mol. The molecule has 0 aliphatic rings. The topological polar surface area (TPSA) is 88.2 Å². The van der Waals surface area contributed by atoms with E-state index in [-0.39, 0.29) is 6.54 Å². The van der Waals surface area contributed by atoms with E-state index < -0.39 is 5.97 Å². The fourth-order valence-electron chi connectivity index (χ4n) is 1.80. The lowest BCUT2D eigenvalue weighted by molar-refractivity contribution is -0.134. The predicted octanol–water partition coefficient (Wildman–Crippen LogP) is 1.62. The molecule has 1 heterocycles. The number of nitrogen functional groups attached to an aromatic ring is 1. The summed E-state index contributed by atoms with van der Waals surface area (Å²) in [6, 6.07) is 5.51. The minimum atomic E-state index is -0.926. The van der Waals surface area contributed by atoms with Crippen molar-refractivity contribution >= 4 is 28.2 Å². The highest BCUT2D eigenvalue weighted by molar-refractivity contribution is 6.01. The first-order chi connectivity index (χ1) is 8.09. The molecule has 5 heteroatoms. The number of pyridine rings is 1. The maximum absolute atomic E-state index is 10.5. The molecule has 17 heavy (non-hydrogen) atoms. The molecule has 0 bridgehead atoms. The molecule has 5 nitrogen and oxygen atoms in total. The molecule has 2 rings (SSSR count). The summed E-state index contributed by atoms with van der Waals surface area (Å²) in [6.45, 7) is 1.76. The number of benzene rings is 1. The third kappa shape index (κ3) is 2.13. The summed E-state index contributed by atoms with van der Waals surface area (Å²) in [5.41, 5.74) is 7.55. The van der Waals surface area contributed by atoms with E-state index in [9.17, 15) is 4.79 Å². The first-order valence-electron chi connectivity index (χ1n) is 5.19. The summed E-state index contributed by atoms with van der Waals surface area (Å²) < 4.78 is 0. The molecule has 0 radical (unpaired) electrons. The summed E-state index contributed by atoms with van der Waals surface area (Å²) in [5, 5.41) is 13.2. The van der Waals surface area contributed by atoms with Gasteiger partial charge in [0.25, 0.3) is 0 Å². The van der Waals surface area contributed by atoms with E-state index in [0.29, 0.717) is 11.5 Å². The number of fused-ring (bicyclic) bond motifs is 1. The number of carbonyl (C=O) groups is 1. The molecule has 1 aromatic heterocycles. The maximum Gasteiger partial charge on any atom is 0.322 e. The van der Waals surface area contributed by atoms with Gasteiger partial charge in [-0.2, -0.15) is 0 Å². The number of nitrogens with two attached hydrogens (primary N) is 1. The molecule has 2 aromatic rings. The van der Waals surface area contributed by atoms with Gasteiger partial charge in [0.15, 0.2) is 0 Å². The van der Waals surface area contributed by atoms with Crippen molar-refractivity contribution in [3.63, 3.8) is 0 Å². The Hall–Kier alpha value is -2.30. The van der Waals surface area contributed by atoms with Crippen molar-refractivity contribution in [2.75, 3.05) is 17.6 Å². The number of nitrogens with one attached hydrogen (secondary N) is 1. The number of nitrogens with zero attached hydrogens (tertiary/aromatic N) is 1. The third-order valence-corrected chi connectivity index (χ3v) is 2.54. The second kappa shape index (κ2) is 4.29. The van der Waals surface area contributed by atoms with Crippen molar-refractivity contribution in [2.24, 2.45) is 0 Å². The average molecular weight is 231 g/mol. The highest BCUT2D eigenvalue weighted by Crippen LogP contribution is 2.28. The average Bonchev–Trinajstić information content (AvgIpc) is 2.28. The smallest absolute Gasteiger partial charge is 0.322 e. The van der Waals surface area contributed by atoms with Gasteiger partial charge in [-0.05, 0) is 18.6 Å². The van der Waals surface area contributed by atoms with Crippen LogP contribution in [0, 0.1) is 6.92 Å². The Kier molecular flexibility index (Phi) is 2.82. The lowest BCUT2D eigenvalue weighted by atomic mass is 10.1. The number of aryl methyl sites for hydroxylation is 1. The molecule has 0 aliphatic heterocycles. The Labute approximate surface area is 98.3 Å².